The maximum Gasteiger partial charge on any atom is 0.312 e. The molecule has 0 unspecified atom stereocenters. The van der Waals surface area contributed by atoms with Gasteiger partial charge in [0.1, 0.15) is 17.2 Å². The number of nitrogens with zero attached hydrogens (tertiary/aromatic N) is 5. The Kier molecular flexibility index (Phi) is 6.89. The number of halogens is 2. The van der Waals surface area contributed by atoms with Crippen LogP contribution in [0.3, 0.4) is 0 Å². The van der Waals surface area contributed by atoms with Crippen LogP contribution in [-0.2, 0) is 13.1 Å². The molecule has 1 amide bonds. The van der Waals surface area contributed by atoms with Crippen LogP contribution in [0.1, 0.15) is 44.3 Å². The first kappa shape index (κ1) is 25.1. The van der Waals surface area contributed by atoms with Crippen molar-refractivity contribution < 1.29 is 14.1 Å². The Bertz CT molecular complexity index is 1470. The normalized spacial score (nSPS) is 11.1. The second-order valence-electron chi connectivity index (χ2n) is 8.49. The number of nitrogens with one attached hydrogen (secondary N) is 1. The van der Waals surface area contributed by atoms with Crippen molar-refractivity contribution in [2.75, 3.05) is 5.32 Å². The molecule has 4 rings (SSSR count). The van der Waals surface area contributed by atoms with E-state index >= 15 is 0 Å². The standard InChI is InChI=1S/C25H24ClFN6O3/c1-14-23(16(3)32(29-14)13-20-21(26)9-6-10-22(20)27)28-25(34)19-8-5-7-18(11-19)12-31-17(4)24(33(35)36)15(2)30-31/h5-11H,12-13H2,1-4H3,(H,28,34). The SMILES string of the molecule is Cc1nn(Cc2c(F)cccc2Cl)c(C)c1NC(=O)c1cccc(Cn2nc(C)c([N+](=O)[O-])c2C)c1. The third-order valence-electron chi connectivity index (χ3n) is 6.04. The van der Waals surface area contributed by atoms with Gasteiger partial charge in [-0.3, -0.25) is 24.3 Å². The van der Waals surface area contributed by atoms with E-state index in [1.54, 1.807) is 61.3 Å². The Hall–Kier alpha value is -4.05. The molecule has 2 heterocycles. The molecular weight excluding hydrogens is 487 g/mol. The summed E-state index contributed by atoms with van der Waals surface area (Å²) in [5.74, 6) is -0.767. The van der Waals surface area contributed by atoms with E-state index in [4.69, 9.17) is 11.6 Å². The van der Waals surface area contributed by atoms with E-state index in [1.807, 2.05) is 6.07 Å². The van der Waals surface area contributed by atoms with E-state index in [0.717, 1.165) is 5.56 Å². The monoisotopic (exact) mass is 510 g/mol. The van der Waals surface area contributed by atoms with Crippen LogP contribution in [0.15, 0.2) is 42.5 Å². The molecule has 4 aromatic rings. The van der Waals surface area contributed by atoms with E-state index in [9.17, 15) is 19.3 Å². The molecule has 0 bridgehead atoms. The molecular formula is C25H24ClFN6O3. The molecule has 0 aliphatic rings. The van der Waals surface area contributed by atoms with Crippen LogP contribution < -0.4 is 5.32 Å². The molecule has 2 aromatic carbocycles. The zero-order chi connectivity index (χ0) is 26.1. The third kappa shape index (κ3) is 4.85. The summed E-state index contributed by atoms with van der Waals surface area (Å²) < 4.78 is 17.4. The average Bonchev–Trinajstić information content (AvgIpc) is 3.25. The Morgan fingerprint density at radius 3 is 2.36 bits per heavy atom. The Balaban J connectivity index is 1.54. The topological polar surface area (TPSA) is 108 Å². The highest BCUT2D eigenvalue weighted by atomic mass is 35.5. The fourth-order valence-electron chi connectivity index (χ4n) is 4.14. The largest absolute Gasteiger partial charge is 0.319 e. The summed E-state index contributed by atoms with van der Waals surface area (Å²) in [6.07, 6.45) is 0. The lowest BCUT2D eigenvalue weighted by atomic mass is 10.1. The number of rotatable bonds is 7. The number of aryl methyl sites for hydroxylation is 2. The quantitative estimate of drug-likeness (QED) is 0.266. The first-order valence-electron chi connectivity index (χ1n) is 11.1. The highest BCUT2D eigenvalue weighted by molar-refractivity contribution is 6.31. The summed E-state index contributed by atoms with van der Waals surface area (Å²) in [6, 6.07) is 11.5. The molecule has 0 radical (unpaired) electrons. The molecule has 9 nitrogen and oxygen atoms in total. The van der Waals surface area contributed by atoms with Crippen molar-refractivity contribution in [2.24, 2.45) is 0 Å². The smallest absolute Gasteiger partial charge is 0.312 e. The van der Waals surface area contributed by atoms with E-state index in [2.05, 4.69) is 15.5 Å². The Morgan fingerprint density at radius 2 is 1.69 bits per heavy atom. The van der Waals surface area contributed by atoms with Gasteiger partial charge < -0.3 is 5.32 Å². The molecule has 0 aliphatic heterocycles. The summed E-state index contributed by atoms with van der Waals surface area (Å²) in [7, 11) is 0. The highest BCUT2D eigenvalue weighted by Crippen LogP contribution is 2.26. The predicted molar refractivity (Wildman–Crippen MR) is 134 cm³/mol. The number of nitro groups is 1. The van der Waals surface area contributed by atoms with Gasteiger partial charge in [0, 0.05) is 16.1 Å². The molecule has 0 saturated carbocycles. The zero-order valence-corrected chi connectivity index (χ0v) is 20.9. The fraction of sp³-hybridized carbons (Fsp3) is 0.240. The maximum absolute atomic E-state index is 14.3. The molecule has 0 aliphatic carbocycles. The van der Waals surface area contributed by atoms with Gasteiger partial charge in [0.15, 0.2) is 0 Å². The molecule has 36 heavy (non-hydrogen) atoms. The molecule has 0 atom stereocenters. The molecule has 0 fully saturated rings. The minimum Gasteiger partial charge on any atom is -0.319 e. The first-order chi connectivity index (χ1) is 17.1. The van der Waals surface area contributed by atoms with Gasteiger partial charge in [-0.15, -0.1) is 0 Å². The number of carbonyl (C=O) groups excluding carboxylic acids is 1. The number of hydrogen-bond donors (Lipinski definition) is 1. The van der Waals surface area contributed by atoms with Crippen molar-refractivity contribution in [3.8, 4) is 0 Å². The lowest BCUT2D eigenvalue weighted by Gasteiger charge is -2.10. The first-order valence-corrected chi connectivity index (χ1v) is 11.5. The van der Waals surface area contributed by atoms with E-state index in [-0.39, 0.29) is 24.7 Å². The van der Waals surface area contributed by atoms with Gasteiger partial charge in [0.2, 0.25) is 0 Å². The number of carbonyl (C=O) groups is 1. The van der Waals surface area contributed by atoms with Gasteiger partial charge in [-0.05, 0) is 57.5 Å². The summed E-state index contributed by atoms with van der Waals surface area (Å²) >= 11 is 6.16. The molecule has 11 heteroatoms. The van der Waals surface area contributed by atoms with Gasteiger partial charge in [-0.2, -0.15) is 10.2 Å². The van der Waals surface area contributed by atoms with Crippen LogP contribution in [-0.4, -0.2) is 30.4 Å². The minimum atomic E-state index is -0.441. The molecule has 0 saturated heterocycles. The number of benzene rings is 2. The molecule has 0 spiro atoms. The van der Waals surface area contributed by atoms with Crippen LogP contribution in [0.4, 0.5) is 15.8 Å². The molecule has 2 aromatic heterocycles. The van der Waals surface area contributed by atoms with Crippen LogP contribution >= 0.6 is 11.6 Å². The van der Waals surface area contributed by atoms with Crippen molar-refractivity contribution in [3.63, 3.8) is 0 Å². The van der Waals surface area contributed by atoms with Crippen molar-refractivity contribution in [1.29, 1.82) is 0 Å². The fourth-order valence-corrected chi connectivity index (χ4v) is 4.36. The van der Waals surface area contributed by atoms with E-state index in [1.165, 1.54) is 12.1 Å². The minimum absolute atomic E-state index is 0.0106. The average molecular weight is 511 g/mol. The number of anilines is 1. The van der Waals surface area contributed by atoms with Crippen LogP contribution in [0.2, 0.25) is 5.02 Å². The Labute approximate surface area is 211 Å². The second-order valence-corrected chi connectivity index (χ2v) is 8.90. The molecule has 1 N–H and O–H groups in total. The highest BCUT2D eigenvalue weighted by Gasteiger charge is 2.22. The van der Waals surface area contributed by atoms with Gasteiger partial charge >= 0.3 is 5.69 Å². The number of aromatic nitrogens is 4. The van der Waals surface area contributed by atoms with Crippen molar-refractivity contribution in [3.05, 3.63) is 103 Å². The van der Waals surface area contributed by atoms with Crippen LogP contribution in [0, 0.1) is 43.6 Å². The van der Waals surface area contributed by atoms with Crippen molar-refractivity contribution >= 4 is 28.9 Å². The summed E-state index contributed by atoms with van der Waals surface area (Å²) in [5.41, 5.74) is 4.04. The van der Waals surface area contributed by atoms with Gasteiger partial charge in [-0.25, -0.2) is 4.39 Å². The van der Waals surface area contributed by atoms with E-state index < -0.39 is 10.7 Å². The van der Waals surface area contributed by atoms with E-state index in [0.29, 0.717) is 44.6 Å². The molecule has 186 valence electrons. The maximum atomic E-state index is 14.3. The lowest BCUT2D eigenvalue weighted by Crippen LogP contribution is -2.14. The number of hydrogen-bond acceptors (Lipinski definition) is 5. The van der Waals surface area contributed by atoms with Gasteiger partial charge in [0.05, 0.1) is 35.1 Å². The summed E-state index contributed by atoms with van der Waals surface area (Å²) in [6.45, 7) is 7.19. The summed E-state index contributed by atoms with van der Waals surface area (Å²) in [4.78, 5) is 23.9. The second kappa shape index (κ2) is 9.90. The van der Waals surface area contributed by atoms with Crippen molar-refractivity contribution in [2.45, 2.75) is 40.8 Å². The lowest BCUT2D eigenvalue weighted by molar-refractivity contribution is -0.386. The van der Waals surface area contributed by atoms with Gasteiger partial charge in [0.25, 0.3) is 5.91 Å². The zero-order valence-electron chi connectivity index (χ0n) is 20.2. The number of amides is 1. The summed E-state index contributed by atoms with van der Waals surface area (Å²) in [5, 5.41) is 23.2. The predicted octanol–water partition coefficient (Wildman–Crippen LogP) is 5.36. The Morgan fingerprint density at radius 1 is 1.03 bits per heavy atom. The van der Waals surface area contributed by atoms with Crippen LogP contribution in [0.25, 0.3) is 0 Å². The third-order valence-corrected chi connectivity index (χ3v) is 6.39. The van der Waals surface area contributed by atoms with Crippen LogP contribution in [0.5, 0.6) is 0 Å². The van der Waals surface area contributed by atoms with Crippen molar-refractivity contribution in [1.82, 2.24) is 19.6 Å². The van der Waals surface area contributed by atoms with Gasteiger partial charge in [-0.1, -0.05) is 29.8 Å².